The minimum atomic E-state index is -0.456. The molecule has 0 amide bonds. The van der Waals surface area contributed by atoms with Crippen molar-refractivity contribution in [2.45, 2.75) is 18.1 Å². The first kappa shape index (κ1) is 9.31. The van der Waals surface area contributed by atoms with Crippen molar-refractivity contribution in [3.63, 3.8) is 0 Å². The fraction of sp³-hybridized carbons (Fsp3) is 0.286. The standard InChI is InChI=1S/C14H10O3/c15-9-5-6-10-12-11(14(9)17-10)7-3-1-2-4-8(7)13(12)16/h1-6,10-12,14H/t10-,11-,12-,14+/m0/s1. The molecule has 84 valence electrons. The van der Waals surface area contributed by atoms with Crippen LogP contribution in [0.4, 0.5) is 0 Å². The molecule has 0 aromatic heterocycles. The highest BCUT2D eigenvalue weighted by Gasteiger charge is 2.56. The zero-order valence-electron chi connectivity index (χ0n) is 9.00. The molecule has 1 saturated heterocycles. The van der Waals surface area contributed by atoms with Crippen molar-refractivity contribution < 1.29 is 14.3 Å². The van der Waals surface area contributed by atoms with E-state index in [1.165, 1.54) is 0 Å². The van der Waals surface area contributed by atoms with Crippen molar-refractivity contribution in [2.75, 3.05) is 0 Å². The van der Waals surface area contributed by atoms with Gasteiger partial charge in [-0.1, -0.05) is 30.3 Å². The monoisotopic (exact) mass is 226 g/mol. The van der Waals surface area contributed by atoms with Crippen molar-refractivity contribution in [3.05, 3.63) is 47.5 Å². The lowest BCUT2D eigenvalue weighted by Crippen LogP contribution is -2.27. The van der Waals surface area contributed by atoms with E-state index >= 15 is 0 Å². The third-order valence-electron chi connectivity index (χ3n) is 3.99. The van der Waals surface area contributed by atoms with E-state index in [2.05, 4.69) is 0 Å². The van der Waals surface area contributed by atoms with Gasteiger partial charge in [0.15, 0.2) is 11.6 Å². The summed E-state index contributed by atoms with van der Waals surface area (Å²) < 4.78 is 5.65. The summed E-state index contributed by atoms with van der Waals surface area (Å²) in [6, 6.07) is 7.57. The normalized spacial score (nSPS) is 37.2. The number of rotatable bonds is 0. The molecule has 17 heavy (non-hydrogen) atoms. The minimum absolute atomic E-state index is 0.0155. The highest BCUT2D eigenvalue weighted by molar-refractivity contribution is 6.07. The van der Waals surface area contributed by atoms with E-state index in [1.807, 2.05) is 24.3 Å². The SMILES string of the molecule is O=C1c2ccccc2[C@H]2[C@@H]1[C@@H]1C=CC(=O)[C@H]2O1. The molecule has 2 bridgehead atoms. The average molecular weight is 226 g/mol. The minimum Gasteiger partial charge on any atom is -0.361 e. The Balaban J connectivity index is 1.94. The summed E-state index contributed by atoms with van der Waals surface area (Å²) in [6.07, 6.45) is 2.62. The molecule has 0 unspecified atom stereocenters. The van der Waals surface area contributed by atoms with Gasteiger partial charge in [-0.2, -0.15) is 0 Å². The number of benzene rings is 1. The van der Waals surface area contributed by atoms with Crippen LogP contribution in [0, 0.1) is 5.92 Å². The van der Waals surface area contributed by atoms with E-state index in [0.717, 1.165) is 11.1 Å². The molecule has 0 radical (unpaired) electrons. The van der Waals surface area contributed by atoms with Crippen LogP contribution in [-0.2, 0) is 9.53 Å². The molecular weight excluding hydrogens is 216 g/mol. The smallest absolute Gasteiger partial charge is 0.184 e. The lowest BCUT2D eigenvalue weighted by atomic mass is 9.87. The van der Waals surface area contributed by atoms with Gasteiger partial charge in [0.05, 0.1) is 12.0 Å². The van der Waals surface area contributed by atoms with Gasteiger partial charge in [0.2, 0.25) is 0 Å². The van der Waals surface area contributed by atoms with Gasteiger partial charge >= 0.3 is 0 Å². The number of Topliss-reactive ketones (excluding diaryl/α,β-unsaturated/α-hetero) is 1. The molecule has 3 heteroatoms. The van der Waals surface area contributed by atoms with Gasteiger partial charge in [0.1, 0.15) is 6.10 Å². The molecule has 3 nitrogen and oxygen atoms in total. The Hall–Kier alpha value is -1.74. The average Bonchev–Trinajstić information content (AvgIpc) is 2.82. The molecular formula is C14H10O3. The predicted molar refractivity (Wildman–Crippen MR) is 59.8 cm³/mol. The van der Waals surface area contributed by atoms with Crippen molar-refractivity contribution in [1.82, 2.24) is 0 Å². The summed E-state index contributed by atoms with van der Waals surface area (Å²) in [7, 11) is 0. The Bertz CT molecular complexity index is 573. The van der Waals surface area contributed by atoms with Gasteiger partial charge in [-0.3, -0.25) is 9.59 Å². The zero-order chi connectivity index (χ0) is 11.6. The van der Waals surface area contributed by atoms with Crippen molar-refractivity contribution in [3.8, 4) is 0 Å². The maximum absolute atomic E-state index is 12.3. The van der Waals surface area contributed by atoms with Crippen LogP contribution in [0.5, 0.6) is 0 Å². The lowest BCUT2D eigenvalue weighted by Gasteiger charge is -2.17. The number of carbonyl (C=O) groups is 2. The third-order valence-corrected chi connectivity index (χ3v) is 3.99. The van der Waals surface area contributed by atoms with Gasteiger partial charge in [0, 0.05) is 11.5 Å². The number of carbonyl (C=O) groups excluding carboxylic acids is 2. The largest absolute Gasteiger partial charge is 0.361 e. The van der Waals surface area contributed by atoms with Crippen molar-refractivity contribution in [2.24, 2.45) is 5.92 Å². The van der Waals surface area contributed by atoms with E-state index in [1.54, 1.807) is 12.2 Å². The van der Waals surface area contributed by atoms with Crippen molar-refractivity contribution in [1.29, 1.82) is 0 Å². The van der Waals surface area contributed by atoms with E-state index in [4.69, 9.17) is 4.74 Å². The summed E-state index contributed by atoms with van der Waals surface area (Å²) in [5.41, 5.74) is 1.75. The summed E-state index contributed by atoms with van der Waals surface area (Å²) >= 11 is 0. The molecule has 2 heterocycles. The van der Waals surface area contributed by atoms with Crippen LogP contribution in [0.2, 0.25) is 0 Å². The highest BCUT2D eigenvalue weighted by Crippen LogP contribution is 2.50. The molecule has 0 spiro atoms. The van der Waals surface area contributed by atoms with Gasteiger partial charge in [0.25, 0.3) is 0 Å². The quantitative estimate of drug-likeness (QED) is 0.673. The van der Waals surface area contributed by atoms with Gasteiger partial charge in [-0.15, -0.1) is 0 Å². The lowest BCUT2D eigenvalue weighted by molar-refractivity contribution is -0.126. The Morgan fingerprint density at radius 2 is 1.88 bits per heavy atom. The van der Waals surface area contributed by atoms with Crippen LogP contribution >= 0.6 is 0 Å². The highest BCUT2D eigenvalue weighted by atomic mass is 16.5. The molecule has 1 fully saturated rings. The topological polar surface area (TPSA) is 43.4 Å². The summed E-state index contributed by atoms with van der Waals surface area (Å²) in [5.74, 6) is -0.165. The van der Waals surface area contributed by atoms with Crippen molar-refractivity contribution >= 4 is 11.6 Å². The first-order chi connectivity index (χ1) is 8.27. The second kappa shape index (κ2) is 2.93. The molecule has 1 aromatic carbocycles. The Morgan fingerprint density at radius 1 is 1.06 bits per heavy atom. The molecule has 4 atom stereocenters. The molecule has 3 aliphatic rings. The number of ether oxygens (including phenoxy) is 1. The van der Waals surface area contributed by atoms with Gasteiger partial charge in [-0.25, -0.2) is 0 Å². The molecule has 0 N–H and O–H groups in total. The molecule has 1 aromatic rings. The second-order valence-corrected chi connectivity index (χ2v) is 4.79. The van der Waals surface area contributed by atoms with Crippen LogP contribution in [0.3, 0.4) is 0 Å². The van der Waals surface area contributed by atoms with Gasteiger partial charge < -0.3 is 4.74 Å². The Morgan fingerprint density at radius 3 is 2.76 bits per heavy atom. The number of ketones is 2. The first-order valence-electron chi connectivity index (χ1n) is 5.78. The Kier molecular flexibility index (Phi) is 1.60. The second-order valence-electron chi connectivity index (χ2n) is 4.79. The Labute approximate surface area is 98.1 Å². The van der Waals surface area contributed by atoms with E-state index in [9.17, 15) is 9.59 Å². The van der Waals surface area contributed by atoms with Crippen LogP contribution in [0.15, 0.2) is 36.4 Å². The molecule has 1 aliphatic carbocycles. The van der Waals surface area contributed by atoms with Crippen LogP contribution in [-0.4, -0.2) is 23.8 Å². The summed E-state index contributed by atoms with van der Waals surface area (Å²) in [4.78, 5) is 24.1. The van der Waals surface area contributed by atoms with Crippen LogP contribution in [0.25, 0.3) is 0 Å². The first-order valence-corrected chi connectivity index (χ1v) is 5.78. The summed E-state index contributed by atoms with van der Waals surface area (Å²) in [6.45, 7) is 0. The maximum atomic E-state index is 12.3. The number of fused-ring (bicyclic) bond motifs is 7. The summed E-state index contributed by atoms with van der Waals surface area (Å²) in [5, 5.41) is 0. The van der Waals surface area contributed by atoms with E-state index < -0.39 is 6.10 Å². The van der Waals surface area contributed by atoms with Crippen LogP contribution < -0.4 is 0 Å². The molecule has 0 saturated carbocycles. The third kappa shape index (κ3) is 1.00. The zero-order valence-corrected chi connectivity index (χ0v) is 9.00. The fourth-order valence-electron chi connectivity index (χ4n) is 3.29. The number of hydrogen-bond donors (Lipinski definition) is 0. The maximum Gasteiger partial charge on any atom is 0.184 e. The van der Waals surface area contributed by atoms with E-state index in [0.29, 0.717) is 0 Å². The molecule has 2 aliphatic heterocycles. The fourth-order valence-corrected chi connectivity index (χ4v) is 3.29. The number of hydrogen-bond acceptors (Lipinski definition) is 3. The van der Waals surface area contributed by atoms with Crippen LogP contribution in [0.1, 0.15) is 21.8 Å². The predicted octanol–water partition coefficient (Wildman–Crippen LogP) is 1.49. The van der Waals surface area contributed by atoms with Gasteiger partial charge in [-0.05, 0) is 11.6 Å². The van der Waals surface area contributed by atoms with E-state index in [-0.39, 0.29) is 29.5 Å². The molecule has 4 rings (SSSR count).